The van der Waals surface area contributed by atoms with Crippen LogP contribution in [0.1, 0.15) is 44.2 Å². The molecule has 0 aliphatic carbocycles. The van der Waals surface area contributed by atoms with E-state index in [4.69, 9.17) is 14.2 Å². The maximum Gasteiger partial charge on any atom is 0.404 e. The Kier molecular flexibility index (Phi) is 6.05. The van der Waals surface area contributed by atoms with Crippen molar-refractivity contribution < 1.29 is 33.0 Å². The van der Waals surface area contributed by atoms with Crippen molar-refractivity contribution in [3.05, 3.63) is 53.9 Å². The standard InChI is InChI=1S/C24H25FN2O6/c1-4-31-23(30)21-17(12-15-7-9-26-10-8-15)22(29)27(21)20(28)11-14(2)16-5-6-18-19(13-16)33-24(3,25)32-18/h5-10,13-14,17,21H,4,11-12H2,1-3H3/t14-,17+,21-,24?/m0/s1. The molecule has 4 atom stereocenters. The molecule has 1 saturated heterocycles. The molecule has 0 bridgehead atoms. The summed E-state index contributed by atoms with van der Waals surface area (Å²) in [5.41, 5.74) is 1.57. The van der Waals surface area contributed by atoms with Crippen molar-refractivity contribution in [2.24, 2.45) is 5.92 Å². The number of amides is 2. The van der Waals surface area contributed by atoms with Crippen molar-refractivity contribution in [2.75, 3.05) is 6.61 Å². The van der Waals surface area contributed by atoms with Gasteiger partial charge in [0.25, 0.3) is 0 Å². The van der Waals surface area contributed by atoms with Crippen LogP contribution in [0.2, 0.25) is 0 Å². The lowest BCUT2D eigenvalue weighted by Crippen LogP contribution is -2.67. The molecule has 9 heteroatoms. The first-order chi connectivity index (χ1) is 15.7. The molecule has 33 heavy (non-hydrogen) atoms. The summed E-state index contributed by atoms with van der Waals surface area (Å²) in [5, 5.41) is 0. The Morgan fingerprint density at radius 3 is 2.61 bits per heavy atom. The number of esters is 1. The number of halogens is 1. The summed E-state index contributed by atoms with van der Waals surface area (Å²) in [5.74, 6) is -1.92. The van der Waals surface area contributed by atoms with Crippen LogP contribution >= 0.6 is 0 Å². The summed E-state index contributed by atoms with van der Waals surface area (Å²) in [4.78, 5) is 43.5. The zero-order valence-corrected chi connectivity index (χ0v) is 18.6. The quantitative estimate of drug-likeness (QED) is 0.467. The minimum Gasteiger partial charge on any atom is -0.464 e. The molecule has 174 valence electrons. The predicted octanol–water partition coefficient (Wildman–Crippen LogP) is 3.15. The van der Waals surface area contributed by atoms with E-state index in [0.717, 1.165) is 23.0 Å². The zero-order chi connectivity index (χ0) is 23.8. The fourth-order valence-electron chi connectivity index (χ4n) is 4.18. The van der Waals surface area contributed by atoms with Crippen molar-refractivity contribution in [3.63, 3.8) is 0 Å². The molecule has 1 aromatic carbocycles. The molecular weight excluding hydrogens is 431 g/mol. The van der Waals surface area contributed by atoms with Gasteiger partial charge in [0.1, 0.15) is 6.04 Å². The van der Waals surface area contributed by atoms with Gasteiger partial charge in [0.05, 0.1) is 12.5 Å². The number of pyridine rings is 1. The van der Waals surface area contributed by atoms with Crippen molar-refractivity contribution in [1.29, 1.82) is 0 Å². The number of rotatable bonds is 7. The third kappa shape index (κ3) is 4.53. The molecule has 0 spiro atoms. The van der Waals surface area contributed by atoms with E-state index < -0.39 is 35.8 Å². The maximum atomic E-state index is 13.9. The number of nitrogens with zero attached hydrogens (tertiary/aromatic N) is 2. The van der Waals surface area contributed by atoms with E-state index >= 15 is 0 Å². The topological polar surface area (TPSA) is 95.0 Å². The number of alkyl halides is 1. The van der Waals surface area contributed by atoms with Crippen LogP contribution in [0.5, 0.6) is 11.5 Å². The average Bonchev–Trinajstić information content (AvgIpc) is 3.09. The SMILES string of the molecule is CCOC(=O)[C@@H]1[C@@H](Cc2ccncc2)C(=O)N1C(=O)C[C@H](C)c1ccc2c(c1)OC(C)(F)O2. The van der Waals surface area contributed by atoms with Gasteiger partial charge in [0, 0.05) is 25.7 Å². The number of aromatic nitrogens is 1. The molecule has 2 aromatic rings. The molecule has 2 amide bonds. The largest absolute Gasteiger partial charge is 0.464 e. The highest BCUT2D eigenvalue weighted by molar-refractivity contribution is 6.08. The Labute approximate surface area is 190 Å². The van der Waals surface area contributed by atoms with Gasteiger partial charge < -0.3 is 14.2 Å². The van der Waals surface area contributed by atoms with Crippen LogP contribution in [0, 0.1) is 5.92 Å². The minimum absolute atomic E-state index is 0.0177. The molecule has 4 rings (SSSR count). The fraction of sp³-hybridized carbons (Fsp3) is 0.417. The highest BCUT2D eigenvalue weighted by atomic mass is 19.2. The van der Waals surface area contributed by atoms with Crippen LogP contribution in [-0.4, -0.2) is 46.4 Å². The summed E-state index contributed by atoms with van der Waals surface area (Å²) in [6.07, 6.45) is 3.52. The second kappa shape index (κ2) is 8.80. The van der Waals surface area contributed by atoms with Crippen molar-refractivity contribution in [3.8, 4) is 11.5 Å². The molecule has 2 aliphatic heterocycles. The van der Waals surface area contributed by atoms with Gasteiger partial charge in [-0.15, -0.1) is 0 Å². The Balaban J connectivity index is 1.47. The predicted molar refractivity (Wildman–Crippen MR) is 114 cm³/mol. The summed E-state index contributed by atoms with van der Waals surface area (Å²) in [7, 11) is 0. The number of ether oxygens (including phenoxy) is 3. The molecule has 1 unspecified atom stereocenters. The smallest absolute Gasteiger partial charge is 0.404 e. The van der Waals surface area contributed by atoms with Crippen molar-refractivity contribution in [2.45, 2.75) is 51.6 Å². The summed E-state index contributed by atoms with van der Waals surface area (Å²) in [6, 6.07) is 5.25. The molecule has 0 N–H and O–H groups in total. The van der Waals surface area contributed by atoms with E-state index in [0.29, 0.717) is 6.42 Å². The van der Waals surface area contributed by atoms with Crippen molar-refractivity contribution in [1.82, 2.24) is 9.88 Å². The molecule has 2 aliphatic rings. The van der Waals surface area contributed by atoms with Crippen LogP contribution in [0.25, 0.3) is 0 Å². The van der Waals surface area contributed by atoms with Crippen LogP contribution in [-0.2, 0) is 25.5 Å². The highest BCUT2D eigenvalue weighted by Gasteiger charge is 2.55. The fourth-order valence-corrected chi connectivity index (χ4v) is 4.18. The van der Waals surface area contributed by atoms with E-state index in [1.165, 1.54) is 0 Å². The van der Waals surface area contributed by atoms with Crippen molar-refractivity contribution >= 4 is 17.8 Å². The number of imide groups is 1. The number of carbonyl (C=O) groups excluding carboxylic acids is 3. The van der Waals surface area contributed by atoms with Crippen LogP contribution < -0.4 is 9.47 Å². The number of benzene rings is 1. The third-order valence-corrected chi connectivity index (χ3v) is 5.82. The zero-order valence-electron chi connectivity index (χ0n) is 18.6. The molecule has 1 aromatic heterocycles. The summed E-state index contributed by atoms with van der Waals surface area (Å²) >= 11 is 0. The van der Waals surface area contributed by atoms with E-state index in [1.54, 1.807) is 49.6 Å². The lowest BCUT2D eigenvalue weighted by molar-refractivity contribution is -0.179. The van der Waals surface area contributed by atoms with Gasteiger partial charge in [-0.05, 0) is 54.7 Å². The Morgan fingerprint density at radius 1 is 1.21 bits per heavy atom. The number of fused-ring (bicyclic) bond motifs is 1. The van der Waals surface area contributed by atoms with Crippen LogP contribution in [0.3, 0.4) is 0 Å². The van der Waals surface area contributed by atoms with Gasteiger partial charge in [-0.2, -0.15) is 4.39 Å². The first kappa shape index (κ1) is 22.7. The molecular formula is C24H25FN2O6. The van der Waals surface area contributed by atoms with E-state index in [1.807, 2.05) is 6.92 Å². The maximum absolute atomic E-state index is 13.9. The molecule has 8 nitrogen and oxygen atoms in total. The van der Waals surface area contributed by atoms with E-state index in [-0.39, 0.29) is 30.4 Å². The van der Waals surface area contributed by atoms with Gasteiger partial charge in [0.2, 0.25) is 11.8 Å². The average molecular weight is 456 g/mol. The van der Waals surface area contributed by atoms with E-state index in [9.17, 15) is 18.8 Å². The Bertz CT molecular complexity index is 1070. The Morgan fingerprint density at radius 2 is 1.91 bits per heavy atom. The second-order valence-electron chi connectivity index (χ2n) is 8.32. The number of β-lactam (4-membered cyclic amide) rings is 1. The number of likely N-dealkylation sites (tertiary alicyclic amines) is 1. The summed E-state index contributed by atoms with van der Waals surface area (Å²) < 4.78 is 29.2. The number of hydrogen-bond donors (Lipinski definition) is 0. The molecule has 0 saturated carbocycles. The van der Waals surface area contributed by atoms with Gasteiger partial charge in [-0.1, -0.05) is 13.0 Å². The first-order valence-corrected chi connectivity index (χ1v) is 10.8. The lowest BCUT2D eigenvalue weighted by atomic mass is 9.81. The minimum atomic E-state index is -2.24. The third-order valence-electron chi connectivity index (χ3n) is 5.82. The van der Waals surface area contributed by atoms with Gasteiger partial charge in [-0.3, -0.25) is 19.5 Å². The highest BCUT2D eigenvalue weighted by Crippen LogP contribution is 2.42. The molecule has 0 radical (unpaired) electrons. The monoisotopic (exact) mass is 456 g/mol. The van der Waals surface area contributed by atoms with Crippen LogP contribution in [0.4, 0.5) is 4.39 Å². The number of carbonyl (C=O) groups is 3. The Hall–Kier alpha value is -3.49. The second-order valence-corrected chi connectivity index (χ2v) is 8.32. The molecule has 3 heterocycles. The number of hydrogen-bond acceptors (Lipinski definition) is 7. The van der Waals surface area contributed by atoms with E-state index in [2.05, 4.69) is 4.98 Å². The van der Waals surface area contributed by atoms with Gasteiger partial charge >= 0.3 is 12.0 Å². The molecule has 1 fully saturated rings. The van der Waals surface area contributed by atoms with Gasteiger partial charge in [-0.25, -0.2) is 4.79 Å². The summed E-state index contributed by atoms with van der Waals surface area (Å²) in [6.45, 7) is 4.79. The normalized spacial score (nSPS) is 24.2. The van der Waals surface area contributed by atoms with Crippen LogP contribution in [0.15, 0.2) is 42.7 Å². The first-order valence-electron chi connectivity index (χ1n) is 10.8. The van der Waals surface area contributed by atoms with Gasteiger partial charge in [0.15, 0.2) is 11.5 Å². The lowest BCUT2D eigenvalue weighted by Gasteiger charge is -2.44.